The third-order valence-electron chi connectivity index (χ3n) is 6.89. The largest absolute Gasteiger partial charge is 0.375 e. The predicted molar refractivity (Wildman–Crippen MR) is 111 cm³/mol. The van der Waals surface area contributed by atoms with Gasteiger partial charge in [-0.05, 0) is 38.5 Å². The average Bonchev–Trinajstić information content (AvgIpc) is 2.72. The van der Waals surface area contributed by atoms with Crippen LogP contribution in [0.25, 0.3) is 0 Å². The number of hydrogen-bond acceptors (Lipinski definition) is 5. The number of carbonyl (C=O) groups is 2. The van der Waals surface area contributed by atoms with Gasteiger partial charge in [0.25, 0.3) is 5.56 Å². The first kappa shape index (κ1) is 21.0. The third-order valence-corrected chi connectivity index (χ3v) is 6.89. The fourth-order valence-electron chi connectivity index (χ4n) is 4.85. The number of aromatic nitrogens is 2. The van der Waals surface area contributed by atoms with Gasteiger partial charge in [0.1, 0.15) is 12.4 Å². The number of nitrogens with zero attached hydrogens (tertiary/aromatic N) is 3. The molecule has 164 valence electrons. The molecule has 3 aliphatic rings. The Balaban J connectivity index is 1.42. The first-order valence-electron chi connectivity index (χ1n) is 11.2. The summed E-state index contributed by atoms with van der Waals surface area (Å²) in [6.45, 7) is 2.87. The molecule has 1 atom stereocenters. The summed E-state index contributed by atoms with van der Waals surface area (Å²) in [6.07, 6.45) is 6.64. The molecule has 0 radical (unpaired) electrons. The summed E-state index contributed by atoms with van der Waals surface area (Å²) in [7, 11) is 1.52. The molecule has 0 unspecified atom stereocenters. The average molecular weight is 417 g/mol. The molecule has 30 heavy (non-hydrogen) atoms. The molecule has 0 aromatic carbocycles. The molecule has 0 bridgehead atoms. The van der Waals surface area contributed by atoms with E-state index in [-0.39, 0.29) is 41.7 Å². The lowest BCUT2D eigenvalue weighted by Gasteiger charge is -2.37. The van der Waals surface area contributed by atoms with Crippen LogP contribution in [0, 0.1) is 5.92 Å². The summed E-state index contributed by atoms with van der Waals surface area (Å²) in [5.74, 6) is 1.47. The minimum Gasteiger partial charge on any atom is -0.375 e. The van der Waals surface area contributed by atoms with Crippen molar-refractivity contribution < 1.29 is 14.3 Å². The zero-order chi connectivity index (χ0) is 21.1. The van der Waals surface area contributed by atoms with Gasteiger partial charge in [0.05, 0.1) is 5.69 Å². The van der Waals surface area contributed by atoms with Gasteiger partial charge >= 0.3 is 0 Å². The summed E-state index contributed by atoms with van der Waals surface area (Å²) in [5, 5.41) is 0. The number of hydrogen-bond donors (Lipinski definition) is 1. The monoisotopic (exact) mass is 416 g/mol. The minimum absolute atomic E-state index is 0.00424. The highest BCUT2D eigenvalue weighted by Gasteiger charge is 2.33. The van der Waals surface area contributed by atoms with Crippen LogP contribution in [-0.4, -0.2) is 71.5 Å². The smallest absolute Gasteiger partial charge is 0.251 e. The van der Waals surface area contributed by atoms with Crippen molar-refractivity contribution >= 4 is 11.8 Å². The van der Waals surface area contributed by atoms with Gasteiger partial charge in [-0.3, -0.25) is 14.4 Å². The Morgan fingerprint density at radius 1 is 1.07 bits per heavy atom. The number of aromatic amines is 1. The number of likely N-dealkylation sites (tertiary alicyclic amines) is 2. The van der Waals surface area contributed by atoms with E-state index < -0.39 is 0 Å². The molecule has 3 heterocycles. The van der Waals surface area contributed by atoms with Gasteiger partial charge in [0.15, 0.2) is 0 Å². The lowest BCUT2D eigenvalue weighted by molar-refractivity contribution is -0.139. The second-order valence-electron chi connectivity index (χ2n) is 8.89. The van der Waals surface area contributed by atoms with Crippen LogP contribution in [0.5, 0.6) is 0 Å². The second kappa shape index (κ2) is 9.29. The van der Waals surface area contributed by atoms with E-state index in [0.717, 1.165) is 63.0 Å². The Morgan fingerprint density at radius 3 is 2.50 bits per heavy atom. The van der Waals surface area contributed by atoms with Crippen molar-refractivity contribution in [3.05, 3.63) is 27.9 Å². The first-order chi connectivity index (χ1) is 14.5. The van der Waals surface area contributed by atoms with Crippen LogP contribution in [-0.2, 0) is 14.3 Å². The Hall–Kier alpha value is -2.22. The van der Waals surface area contributed by atoms with Gasteiger partial charge in [-0.2, -0.15) is 0 Å². The molecule has 1 saturated carbocycles. The van der Waals surface area contributed by atoms with E-state index in [4.69, 9.17) is 9.72 Å². The Kier molecular flexibility index (Phi) is 6.51. The lowest BCUT2D eigenvalue weighted by atomic mass is 9.83. The summed E-state index contributed by atoms with van der Waals surface area (Å²) in [6, 6.07) is 1.60. The van der Waals surface area contributed by atoms with Gasteiger partial charge < -0.3 is 19.5 Å². The van der Waals surface area contributed by atoms with Gasteiger partial charge in [-0.1, -0.05) is 6.42 Å². The molecule has 2 aliphatic heterocycles. The van der Waals surface area contributed by atoms with E-state index in [2.05, 4.69) is 4.98 Å². The molecule has 1 aromatic rings. The molecule has 1 aromatic heterocycles. The van der Waals surface area contributed by atoms with Gasteiger partial charge in [-0.25, -0.2) is 4.98 Å². The van der Waals surface area contributed by atoms with Crippen molar-refractivity contribution in [3.63, 3.8) is 0 Å². The van der Waals surface area contributed by atoms with Crippen molar-refractivity contribution in [1.82, 2.24) is 19.8 Å². The van der Waals surface area contributed by atoms with Crippen LogP contribution < -0.4 is 5.56 Å². The third kappa shape index (κ3) is 4.58. The number of piperidine rings is 2. The molecule has 1 aliphatic carbocycles. The second-order valence-corrected chi connectivity index (χ2v) is 8.89. The molecule has 0 spiro atoms. The van der Waals surface area contributed by atoms with Crippen molar-refractivity contribution in [1.29, 1.82) is 0 Å². The molecule has 2 amide bonds. The lowest BCUT2D eigenvalue weighted by Crippen LogP contribution is -2.44. The molecule has 8 nitrogen and oxygen atoms in total. The van der Waals surface area contributed by atoms with Gasteiger partial charge in [0, 0.05) is 57.1 Å². The normalized spacial score (nSPS) is 23.3. The predicted octanol–water partition coefficient (Wildman–Crippen LogP) is 1.63. The molecule has 1 N–H and O–H groups in total. The van der Waals surface area contributed by atoms with Crippen molar-refractivity contribution in [2.45, 2.75) is 56.8 Å². The molecule has 4 rings (SSSR count). The van der Waals surface area contributed by atoms with Gasteiger partial charge in [-0.15, -0.1) is 0 Å². The summed E-state index contributed by atoms with van der Waals surface area (Å²) in [5.41, 5.74) is 0.674. The maximum atomic E-state index is 12.7. The number of amides is 2. The van der Waals surface area contributed by atoms with E-state index in [1.54, 1.807) is 6.07 Å². The highest BCUT2D eigenvalue weighted by Crippen LogP contribution is 2.32. The number of methoxy groups -OCH3 is 1. The highest BCUT2D eigenvalue weighted by atomic mass is 16.5. The minimum atomic E-state index is -0.129. The van der Waals surface area contributed by atoms with Crippen LogP contribution in [0.4, 0.5) is 0 Å². The first-order valence-corrected chi connectivity index (χ1v) is 11.2. The van der Waals surface area contributed by atoms with E-state index >= 15 is 0 Å². The number of rotatable bonds is 5. The number of nitrogens with one attached hydrogen (secondary N) is 1. The van der Waals surface area contributed by atoms with E-state index in [1.807, 2.05) is 9.80 Å². The van der Waals surface area contributed by atoms with Crippen LogP contribution in [0.15, 0.2) is 10.9 Å². The maximum absolute atomic E-state index is 12.7. The number of carbonyl (C=O) groups excluding carboxylic acids is 2. The maximum Gasteiger partial charge on any atom is 0.251 e. The SMILES string of the molecule is COCC(=O)N1CCC(c2nc([C@H]3CCCN(C(=O)C4CCC4)C3)cc(=O)[nH]2)CC1. The van der Waals surface area contributed by atoms with Crippen LogP contribution in [0.1, 0.15) is 68.3 Å². The Morgan fingerprint density at radius 2 is 1.83 bits per heavy atom. The molecular weight excluding hydrogens is 384 g/mol. The zero-order valence-corrected chi connectivity index (χ0v) is 17.8. The summed E-state index contributed by atoms with van der Waals surface area (Å²) in [4.78, 5) is 48.6. The molecule has 3 fully saturated rings. The van der Waals surface area contributed by atoms with E-state index in [0.29, 0.717) is 19.6 Å². The summed E-state index contributed by atoms with van der Waals surface area (Å²) < 4.78 is 4.94. The van der Waals surface area contributed by atoms with Crippen LogP contribution >= 0.6 is 0 Å². The van der Waals surface area contributed by atoms with Crippen LogP contribution in [0.3, 0.4) is 0 Å². The Labute approximate surface area is 177 Å². The fourth-order valence-corrected chi connectivity index (χ4v) is 4.85. The summed E-state index contributed by atoms with van der Waals surface area (Å²) >= 11 is 0. The molecule has 2 saturated heterocycles. The fraction of sp³-hybridized carbons (Fsp3) is 0.727. The number of H-pyrrole nitrogens is 1. The number of ether oxygens (including phenoxy) is 1. The van der Waals surface area contributed by atoms with Crippen molar-refractivity contribution in [2.24, 2.45) is 5.92 Å². The zero-order valence-electron chi connectivity index (χ0n) is 17.8. The molecular formula is C22H32N4O4. The van der Waals surface area contributed by atoms with E-state index in [9.17, 15) is 14.4 Å². The van der Waals surface area contributed by atoms with Crippen molar-refractivity contribution in [3.8, 4) is 0 Å². The van der Waals surface area contributed by atoms with Crippen LogP contribution in [0.2, 0.25) is 0 Å². The Bertz CT molecular complexity index is 827. The standard InChI is InChI=1S/C22H32N4O4/c1-30-14-20(28)25-10-7-15(8-11-25)21-23-18(12-19(27)24-21)17-6-3-9-26(13-17)22(29)16-4-2-5-16/h12,15-17H,2-11,13-14H2,1H3,(H,23,24,27)/t17-/m0/s1. The molecule has 8 heteroatoms. The highest BCUT2D eigenvalue weighted by molar-refractivity contribution is 5.79. The van der Waals surface area contributed by atoms with Gasteiger partial charge in [0.2, 0.25) is 11.8 Å². The van der Waals surface area contributed by atoms with E-state index in [1.165, 1.54) is 7.11 Å². The topological polar surface area (TPSA) is 95.6 Å². The quantitative estimate of drug-likeness (QED) is 0.787. The van der Waals surface area contributed by atoms with Crippen molar-refractivity contribution in [2.75, 3.05) is 39.9 Å².